The zero-order chi connectivity index (χ0) is 23.9. The van der Waals surface area contributed by atoms with E-state index >= 15 is 0 Å². The number of nitrogens with zero attached hydrogens (tertiary/aromatic N) is 1. The average Bonchev–Trinajstić information content (AvgIpc) is 2.72. The third-order valence-electron chi connectivity index (χ3n) is 5.36. The van der Waals surface area contributed by atoms with Crippen molar-refractivity contribution in [1.29, 1.82) is 0 Å². The minimum absolute atomic E-state index is 0.578. The molecule has 0 saturated heterocycles. The summed E-state index contributed by atoms with van der Waals surface area (Å²) in [5, 5.41) is 0. The Balaban J connectivity index is 0.000000444. The number of aryl methyl sites for hydroxylation is 4. The van der Waals surface area contributed by atoms with Crippen molar-refractivity contribution in [2.75, 3.05) is 19.6 Å². The zero-order valence-corrected chi connectivity index (χ0v) is 20.6. The van der Waals surface area contributed by atoms with Gasteiger partial charge in [-0.1, -0.05) is 63.9 Å². The van der Waals surface area contributed by atoms with Gasteiger partial charge in [0.25, 0.3) is 0 Å². The second kappa shape index (κ2) is 15.9. The summed E-state index contributed by atoms with van der Waals surface area (Å²) >= 11 is 0. The van der Waals surface area contributed by atoms with Gasteiger partial charge in [0.1, 0.15) is 0 Å². The monoisotopic (exact) mass is 437 g/mol. The maximum atomic E-state index is 12.1. The van der Waals surface area contributed by atoms with Gasteiger partial charge in [0, 0.05) is 0 Å². The van der Waals surface area contributed by atoms with Gasteiger partial charge in [0.2, 0.25) is 0 Å². The second-order valence-corrected chi connectivity index (χ2v) is 8.02. The fourth-order valence-electron chi connectivity index (χ4n) is 2.77. The van der Waals surface area contributed by atoms with Crippen molar-refractivity contribution in [3.63, 3.8) is 0 Å². The van der Waals surface area contributed by atoms with E-state index < -0.39 is 11.7 Å². The summed E-state index contributed by atoms with van der Waals surface area (Å²) in [7, 11) is 0. The Bertz CT molecular complexity index is 694. The lowest BCUT2D eigenvalue weighted by atomic mass is 10.1. The highest BCUT2D eigenvalue weighted by molar-refractivity contribution is 5.31. The second-order valence-electron chi connectivity index (χ2n) is 8.02. The Labute approximate surface area is 188 Å². The van der Waals surface area contributed by atoms with E-state index in [4.69, 9.17) is 0 Å². The maximum absolute atomic E-state index is 12.1. The number of unbranched alkanes of at least 4 members (excludes halogenated alkanes) is 2. The van der Waals surface area contributed by atoms with Gasteiger partial charge in [-0.15, -0.1) is 0 Å². The molecule has 0 atom stereocenters. The van der Waals surface area contributed by atoms with Crippen molar-refractivity contribution in [1.82, 2.24) is 4.90 Å². The normalized spacial score (nSPS) is 10.8. The summed E-state index contributed by atoms with van der Waals surface area (Å²) in [5.74, 6) is 0. The highest BCUT2D eigenvalue weighted by atomic mass is 19.4. The number of hydrogen-bond donors (Lipinski definition) is 0. The molecule has 2 rings (SSSR count). The van der Waals surface area contributed by atoms with Crippen LogP contribution in [0.15, 0.2) is 42.5 Å². The van der Waals surface area contributed by atoms with Crippen LogP contribution in [0.2, 0.25) is 0 Å². The van der Waals surface area contributed by atoms with Crippen molar-refractivity contribution in [3.05, 3.63) is 70.3 Å². The van der Waals surface area contributed by atoms with Gasteiger partial charge in [-0.05, 0) is 94.6 Å². The molecule has 0 aromatic heterocycles. The van der Waals surface area contributed by atoms with Gasteiger partial charge in [0.15, 0.2) is 0 Å². The summed E-state index contributed by atoms with van der Waals surface area (Å²) < 4.78 is 36.3. The standard InChI is InChI=1S/C10H23N.C9H9F3.C8H10/c1-4-7-9-11(6-3)10-8-5-2;1-6-3-4-8(5-7(6)2)9(10,11)12;1-7-5-3-4-6-8(7)2/h4-10H2,1-3H3;3-5H,1-2H3;3-6H,1-2H3. The lowest BCUT2D eigenvalue weighted by Gasteiger charge is -2.19. The largest absolute Gasteiger partial charge is 0.416 e. The molecule has 0 aliphatic heterocycles. The SMILES string of the molecule is CCCCN(CC)CCCC.Cc1ccc(C(F)(F)F)cc1C.Cc1ccccc1C. The molecule has 4 heteroatoms. The summed E-state index contributed by atoms with van der Waals surface area (Å²) in [6, 6.07) is 12.1. The Morgan fingerprint density at radius 3 is 1.45 bits per heavy atom. The van der Waals surface area contributed by atoms with Gasteiger partial charge in [-0.3, -0.25) is 0 Å². The molecule has 0 fully saturated rings. The number of hydrogen-bond acceptors (Lipinski definition) is 1. The van der Waals surface area contributed by atoms with Crippen LogP contribution >= 0.6 is 0 Å². The summed E-state index contributed by atoms with van der Waals surface area (Å²) in [6.45, 7) is 18.3. The molecule has 0 amide bonds. The van der Waals surface area contributed by atoms with E-state index in [1.165, 1.54) is 62.5 Å². The predicted molar refractivity (Wildman–Crippen MR) is 129 cm³/mol. The highest BCUT2D eigenvalue weighted by Gasteiger charge is 2.30. The minimum atomic E-state index is -4.22. The highest BCUT2D eigenvalue weighted by Crippen LogP contribution is 2.30. The van der Waals surface area contributed by atoms with Crippen LogP contribution in [0.1, 0.15) is 74.3 Å². The molecule has 176 valence electrons. The molecule has 2 aromatic carbocycles. The van der Waals surface area contributed by atoms with Crippen LogP contribution in [0.4, 0.5) is 13.2 Å². The Morgan fingerprint density at radius 2 is 1.13 bits per heavy atom. The lowest BCUT2D eigenvalue weighted by molar-refractivity contribution is -0.137. The Hall–Kier alpha value is -1.81. The molecular formula is C27H42F3N. The molecule has 0 aliphatic rings. The van der Waals surface area contributed by atoms with E-state index in [0.717, 1.165) is 17.7 Å². The molecule has 0 N–H and O–H groups in total. The van der Waals surface area contributed by atoms with Crippen LogP contribution in [0.5, 0.6) is 0 Å². The number of rotatable bonds is 7. The van der Waals surface area contributed by atoms with E-state index in [2.05, 4.69) is 63.8 Å². The van der Waals surface area contributed by atoms with Gasteiger partial charge in [-0.2, -0.15) is 13.2 Å². The molecule has 0 aliphatic carbocycles. The van der Waals surface area contributed by atoms with E-state index in [1.54, 1.807) is 13.8 Å². The molecular weight excluding hydrogens is 395 g/mol. The van der Waals surface area contributed by atoms with Crippen LogP contribution in [-0.2, 0) is 6.18 Å². The first-order valence-corrected chi connectivity index (χ1v) is 11.5. The quantitative estimate of drug-likeness (QED) is 0.419. The van der Waals surface area contributed by atoms with Crippen molar-refractivity contribution in [3.8, 4) is 0 Å². The first-order chi connectivity index (χ1) is 14.6. The smallest absolute Gasteiger partial charge is 0.304 e. The topological polar surface area (TPSA) is 3.24 Å². The third kappa shape index (κ3) is 13.3. The van der Waals surface area contributed by atoms with Gasteiger partial charge in [-0.25, -0.2) is 0 Å². The summed E-state index contributed by atoms with van der Waals surface area (Å²) in [6.07, 6.45) is 1.14. The fourth-order valence-corrected chi connectivity index (χ4v) is 2.77. The van der Waals surface area contributed by atoms with Gasteiger partial charge in [0.05, 0.1) is 5.56 Å². The fraction of sp³-hybridized carbons (Fsp3) is 0.556. The first-order valence-electron chi connectivity index (χ1n) is 11.5. The summed E-state index contributed by atoms with van der Waals surface area (Å²) in [5.41, 5.74) is 3.71. The molecule has 0 saturated carbocycles. The van der Waals surface area contributed by atoms with E-state index in [1.807, 2.05) is 0 Å². The maximum Gasteiger partial charge on any atom is 0.416 e. The van der Waals surface area contributed by atoms with Crippen LogP contribution in [0, 0.1) is 27.7 Å². The van der Waals surface area contributed by atoms with Crippen LogP contribution in [0.3, 0.4) is 0 Å². The average molecular weight is 438 g/mol. The van der Waals surface area contributed by atoms with E-state index in [-0.39, 0.29) is 0 Å². The number of halogens is 3. The van der Waals surface area contributed by atoms with Crippen molar-refractivity contribution >= 4 is 0 Å². The van der Waals surface area contributed by atoms with E-state index in [9.17, 15) is 13.2 Å². The van der Waals surface area contributed by atoms with Crippen molar-refractivity contribution in [2.45, 2.75) is 80.3 Å². The number of alkyl halides is 3. The van der Waals surface area contributed by atoms with Crippen LogP contribution in [-0.4, -0.2) is 24.5 Å². The number of benzene rings is 2. The molecule has 31 heavy (non-hydrogen) atoms. The van der Waals surface area contributed by atoms with Crippen molar-refractivity contribution < 1.29 is 13.2 Å². The summed E-state index contributed by atoms with van der Waals surface area (Å²) in [4.78, 5) is 2.55. The van der Waals surface area contributed by atoms with Gasteiger partial charge >= 0.3 is 6.18 Å². The Morgan fingerprint density at radius 1 is 0.677 bits per heavy atom. The third-order valence-corrected chi connectivity index (χ3v) is 5.36. The molecule has 0 unspecified atom stereocenters. The van der Waals surface area contributed by atoms with Crippen LogP contribution < -0.4 is 0 Å². The minimum Gasteiger partial charge on any atom is -0.304 e. The zero-order valence-electron chi connectivity index (χ0n) is 20.6. The molecule has 0 spiro atoms. The molecule has 1 nitrogen and oxygen atoms in total. The molecule has 0 radical (unpaired) electrons. The van der Waals surface area contributed by atoms with Crippen molar-refractivity contribution in [2.24, 2.45) is 0 Å². The molecule has 0 bridgehead atoms. The predicted octanol–water partition coefficient (Wildman–Crippen LogP) is 8.53. The van der Waals surface area contributed by atoms with Crippen LogP contribution in [0.25, 0.3) is 0 Å². The lowest BCUT2D eigenvalue weighted by Crippen LogP contribution is -2.25. The molecule has 0 heterocycles. The Kier molecular flexibility index (Phi) is 15.0. The van der Waals surface area contributed by atoms with Gasteiger partial charge < -0.3 is 4.90 Å². The first kappa shape index (κ1) is 29.2. The van der Waals surface area contributed by atoms with E-state index in [0.29, 0.717) is 5.56 Å². The molecule has 2 aromatic rings.